The van der Waals surface area contributed by atoms with Gasteiger partial charge in [0, 0.05) is 43.4 Å². The number of hydrogen-bond acceptors (Lipinski definition) is 4. The topological polar surface area (TPSA) is 66.0 Å². The molecule has 1 amide bonds. The summed E-state index contributed by atoms with van der Waals surface area (Å²) in [6, 6.07) is 6.80. The number of nitrogens with zero attached hydrogens (tertiary/aromatic N) is 2. The number of rotatable bonds is 6. The number of benzene rings is 1. The molecule has 2 rings (SSSR count). The van der Waals surface area contributed by atoms with E-state index in [1.54, 1.807) is 35.8 Å². The predicted molar refractivity (Wildman–Crippen MR) is 103 cm³/mol. The smallest absolute Gasteiger partial charge is 0.409 e. The van der Waals surface area contributed by atoms with Crippen LogP contribution >= 0.6 is 11.8 Å². The lowest BCUT2D eigenvalue weighted by Gasteiger charge is -2.32. The summed E-state index contributed by atoms with van der Waals surface area (Å²) in [7, 11) is 1.75. The van der Waals surface area contributed by atoms with Gasteiger partial charge >= 0.3 is 6.09 Å². The minimum atomic E-state index is -0.230. The summed E-state index contributed by atoms with van der Waals surface area (Å²) in [5, 5.41) is 6.70. The molecule has 0 unspecified atom stereocenters. The highest BCUT2D eigenvalue weighted by atomic mass is 32.2. The number of halogens is 1. The fourth-order valence-electron chi connectivity index (χ4n) is 2.68. The fourth-order valence-corrected chi connectivity index (χ4v) is 3.45. The second-order valence-corrected chi connectivity index (χ2v) is 7.07. The lowest BCUT2D eigenvalue weighted by Crippen LogP contribution is -2.50. The van der Waals surface area contributed by atoms with E-state index in [2.05, 4.69) is 15.6 Å². The van der Waals surface area contributed by atoms with E-state index in [-0.39, 0.29) is 18.0 Å². The summed E-state index contributed by atoms with van der Waals surface area (Å²) < 4.78 is 17.9. The van der Waals surface area contributed by atoms with Crippen LogP contribution in [0.15, 0.2) is 34.2 Å². The van der Waals surface area contributed by atoms with Gasteiger partial charge < -0.3 is 20.3 Å². The zero-order valence-electron chi connectivity index (χ0n) is 15.3. The van der Waals surface area contributed by atoms with Gasteiger partial charge in [0.2, 0.25) is 0 Å². The number of amides is 1. The van der Waals surface area contributed by atoms with E-state index in [1.807, 2.05) is 6.92 Å². The van der Waals surface area contributed by atoms with Gasteiger partial charge in [-0.15, -0.1) is 11.8 Å². The van der Waals surface area contributed by atoms with Gasteiger partial charge in [0.15, 0.2) is 5.96 Å². The Labute approximate surface area is 158 Å². The number of carbonyl (C=O) groups is 1. The van der Waals surface area contributed by atoms with Crippen molar-refractivity contribution in [2.45, 2.75) is 30.7 Å². The zero-order valence-corrected chi connectivity index (χ0v) is 16.2. The number of nitrogens with one attached hydrogen (secondary N) is 2. The fraction of sp³-hybridized carbons (Fsp3) is 0.556. The molecule has 0 bridgehead atoms. The first-order valence-corrected chi connectivity index (χ1v) is 9.88. The largest absolute Gasteiger partial charge is 0.450 e. The van der Waals surface area contributed by atoms with E-state index in [1.165, 1.54) is 12.1 Å². The van der Waals surface area contributed by atoms with Crippen LogP contribution in [0.25, 0.3) is 0 Å². The minimum Gasteiger partial charge on any atom is -0.450 e. The first-order valence-electron chi connectivity index (χ1n) is 8.89. The molecule has 1 aromatic rings. The molecule has 1 aliphatic heterocycles. The van der Waals surface area contributed by atoms with Crippen LogP contribution in [0, 0.1) is 5.82 Å². The van der Waals surface area contributed by atoms with Crippen LogP contribution in [0.3, 0.4) is 0 Å². The highest BCUT2D eigenvalue weighted by Crippen LogP contribution is 2.17. The number of piperidine rings is 1. The van der Waals surface area contributed by atoms with Gasteiger partial charge in [-0.2, -0.15) is 0 Å². The number of guanidine groups is 1. The quantitative estimate of drug-likeness (QED) is 0.343. The van der Waals surface area contributed by atoms with Gasteiger partial charge in [0.05, 0.1) is 6.61 Å². The summed E-state index contributed by atoms with van der Waals surface area (Å²) in [6.07, 6.45) is 1.50. The van der Waals surface area contributed by atoms with Gasteiger partial charge in [-0.1, -0.05) is 0 Å². The molecule has 0 aliphatic carbocycles. The van der Waals surface area contributed by atoms with Gasteiger partial charge in [0.1, 0.15) is 5.82 Å². The first-order chi connectivity index (χ1) is 12.6. The van der Waals surface area contributed by atoms with E-state index in [0.717, 1.165) is 36.0 Å². The van der Waals surface area contributed by atoms with Crippen molar-refractivity contribution >= 4 is 23.8 Å². The SMILES string of the molecule is CCOC(=O)N1CCC(NC(=NC)NCCSc2ccc(F)cc2)CC1. The van der Waals surface area contributed by atoms with Crippen molar-refractivity contribution in [3.8, 4) is 0 Å². The van der Waals surface area contributed by atoms with Crippen LogP contribution in [0.1, 0.15) is 19.8 Å². The Kier molecular flexibility index (Phi) is 8.53. The predicted octanol–water partition coefficient (Wildman–Crippen LogP) is 2.70. The van der Waals surface area contributed by atoms with Gasteiger partial charge in [-0.05, 0) is 44.0 Å². The first kappa shape index (κ1) is 20.4. The van der Waals surface area contributed by atoms with E-state index in [0.29, 0.717) is 19.7 Å². The Hall–Kier alpha value is -1.96. The highest BCUT2D eigenvalue weighted by Gasteiger charge is 2.23. The van der Waals surface area contributed by atoms with Crippen LogP contribution in [-0.2, 0) is 4.74 Å². The number of hydrogen-bond donors (Lipinski definition) is 2. The van der Waals surface area contributed by atoms with Crippen LogP contribution in [0.4, 0.5) is 9.18 Å². The number of aliphatic imine (C=N–C) groups is 1. The van der Waals surface area contributed by atoms with Gasteiger partial charge in [-0.25, -0.2) is 9.18 Å². The molecule has 1 aliphatic rings. The van der Waals surface area contributed by atoms with E-state index < -0.39 is 0 Å². The Balaban J connectivity index is 1.65. The summed E-state index contributed by atoms with van der Waals surface area (Å²) in [5.41, 5.74) is 0. The van der Waals surface area contributed by atoms with E-state index in [9.17, 15) is 9.18 Å². The van der Waals surface area contributed by atoms with Crippen molar-refractivity contribution in [1.29, 1.82) is 0 Å². The lowest BCUT2D eigenvalue weighted by molar-refractivity contribution is 0.0963. The van der Waals surface area contributed by atoms with Crippen LogP contribution < -0.4 is 10.6 Å². The highest BCUT2D eigenvalue weighted by molar-refractivity contribution is 7.99. The van der Waals surface area contributed by atoms with Gasteiger partial charge in [0.25, 0.3) is 0 Å². The van der Waals surface area contributed by atoms with Crippen molar-refractivity contribution < 1.29 is 13.9 Å². The molecule has 1 saturated heterocycles. The average Bonchev–Trinajstić information content (AvgIpc) is 2.66. The summed E-state index contributed by atoms with van der Waals surface area (Å²) in [4.78, 5) is 18.8. The van der Waals surface area contributed by atoms with Crippen molar-refractivity contribution in [3.05, 3.63) is 30.1 Å². The Morgan fingerprint density at radius 2 is 2.04 bits per heavy atom. The molecule has 6 nitrogen and oxygen atoms in total. The van der Waals surface area contributed by atoms with Crippen LogP contribution in [0.2, 0.25) is 0 Å². The Bertz CT molecular complexity index is 589. The molecule has 144 valence electrons. The van der Waals surface area contributed by atoms with Crippen molar-refractivity contribution in [1.82, 2.24) is 15.5 Å². The monoisotopic (exact) mass is 382 g/mol. The van der Waals surface area contributed by atoms with Gasteiger partial charge in [-0.3, -0.25) is 4.99 Å². The molecule has 0 atom stereocenters. The normalized spacial score (nSPS) is 15.7. The minimum absolute atomic E-state index is 0.217. The maximum atomic E-state index is 12.9. The van der Waals surface area contributed by atoms with Crippen LogP contribution in [-0.4, -0.2) is 62.0 Å². The van der Waals surface area contributed by atoms with Crippen molar-refractivity contribution in [2.24, 2.45) is 4.99 Å². The maximum Gasteiger partial charge on any atom is 0.409 e. The second kappa shape index (κ2) is 10.9. The molecule has 1 aromatic carbocycles. The molecule has 0 aromatic heterocycles. The molecule has 2 N–H and O–H groups in total. The standard InChI is InChI=1S/C18H27FN4O2S/c1-3-25-18(24)23-11-8-15(9-12-23)22-17(20-2)21-10-13-26-16-6-4-14(19)5-7-16/h4-7,15H,3,8-13H2,1-2H3,(H2,20,21,22). The summed E-state index contributed by atoms with van der Waals surface area (Å²) >= 11 is 1.67. The molecular weight excluding hydrogens is 355 g/mol. The van der Waals surface area contributed by atoms with E-state index >= 15 is 0 Å². The van der Waals surface area contributed by atoms with Crippen molar-refractivity contribution in [2.75, 3.05) is 39.0 Å². The molecule has 26 heavy (non-hydrogen) atoms. The zero-order chi connectivity index (χ0) is 18.8. The number of thioether (sulfide) groups is 1. The third-order valence-corrected chi connectivity index (χ3v) is 5.08. The molecule has 0 spiro atoms. The van der Waals surface area contributed by atoms with Crippen LogP contribution in [0.5, 0.6) is 0 Å². The maximum absolute atomic E-state index is 12.9. The Morgan fingerprint density at radius 1 is 1.35 bits per heavy atom. The van der Waals surface area contributed by atoms with Crippen molar-refractivity contribution in [3.63, 3.8) is 0 Å². The summed E-state index contributed by atoms with van der Waals surface area (Å²) in [6.45, 7) is 4.35. The summed E-state index contributed by atoms with van der Waals surface area (Å²) in [5.74, 6) is 1.40. The number of ether oxygens (including phenoxy) is 1. The Morgan fingerprint density at radius 3 is 2.65 bits per heavy atom. The molecule has 0 saturated carbocycles. The third-order valence-electron chi connectivity index (χ3n) is 4.06. The molecule has 1 heterocycles. The third kappa shape index (κ3) is 6.74. The number of carbonyl (C=O) groups excluding carboxylic acids is 1. The average molecular weight is 383 g/mol. The molecule has 8 heteroatoms. The number of likely N-dealkylation sites (tertiary alicyclic amines) is 1. The molecule has 1 fully saturated rings. The van der Waals surface area contributed by atoms with E-state index in [4.69, 9.17) is 4.74 Å². The molecular formula is C18H27FN4O2S. The lowest BCUT2D eigenvalue weighted by atomic mass is 10.1. The second-order valence-electron chi connectivity index (χ2n) is 5.91. The molecule has 0 radical (unpaired) electrons.